The van der Waals surface area contributed by atoms with Crippen LogP contribution in [0, 0.1) is 0 Å². The second kappa shape index (κ2) is 6.05. The van der Waals surface area contributed by atoms with E-state index < -0.39 is 16.0 Å². The van der Waals surface area contributed by atoms with E-state index in [0.29, 0.717) is 5.69 Å². The Hall–Kier alpha value is -1.57. The molecule has 0 unspecified atom stereocenters. The molecule has 2 aromatic rings. The number of carboxylic acids is 1. The van der Waals surface area contributed by atoms with Crippen molar-refractivity contribution in [3.8, 4) is 0 Å². The molecule has 0 aliphatic rings. The van der Waals surface area contributed by atoms with E-state index in [9.17, 15) is 13.2 Å². The van der Waals surface area contributed by atoms with Crippen molar-refractivity contribution in [2.45, 2.75) is 4.90 Å². The standard InChI is InChI=1S/C13H9BrClNO4S/c14-8-1-3-9(4-2-8)16-21(19,20)10-5-6-12(15)11(7-10)13(17)18/h1-7,16H,(H,17,18). The molecule has 5 nitrogen and oxygen atoms in total. The van der Waals surface area contributed by atoms with Crippen LogP contribution in [-0.4, -0.2) is 19.5 Å². The molecule has 2 N–H and O–H groups in total. The van der Waals surface area contributed by atoms with Crippen LogP contribution in [-0.2, 0) is 10.0 Å². The number of carbonyl (C=O) groups is 1. The van der Waals surface area contributed by atoms with E-state index in [1.54, 1.807) is 24.3 Å². The highest BCUT2D eigenvalue weighted by Gasteiger charge is 2.18. The third kappa shape index (κ3) is 3.75. The fraction of sp³-hybridized carbons (Fsp3) is 0. The summed E-state index contributed by atoms with van der Waals surface area (Å²) in [7, 11) is -3.89. The summed E-state index contributed by atoms with van der Waals surface area (Å²) in [4.78, 5) is 10.8. The van der Waals surface area contributed by atoms with Crippen LogP contribution in [0.15, 0.2) is 51.8 Å². The second-order valence-electron chi connectivity index (χ2n) is 4.06. The molecule has 0 bridgehead atoms. The minimum Gasteiger partial charge on any atom is -0.478 e. The van der Waals surface area contributed by atoms with Crippen LogP contribution in [0.2, 0.25) is 5.02 Å². The lowest BCUT2D eigenvalue weighted by atomic mass is 10.2. The van der Waals surface area contributed by atoms with Crippen LogP contribution in [0.1, 0.15) is 10.4 Å². The number of benzene rings is 2. The molecule has 0 aliphatic heterocycles. The van der Waals surface area contributed by atoms with Gasteiger partial charge in [-0.25, -0.2) is 13.2 Å². The van der Waals surface area contributed by atoms with Gasteiger partial charge in [0.2, 0.25) is 0 Å². The maximum absolute atomic E-state index is 12.2. The lowest BCUT2D eigenvalue weighted by Crippen LogP contribution is -2.13. The Balaban J connectivity index is 2.38. The molecule has 0 aliphatic carbocycles. The number of carboxylic acid groups (broad SMARTS) is 1. The maximum Gasteiger partial charge on any atom is 0.337 e. The number of anilines is 1. The maximum atomic E-state index is 12.2. The summed E-state index contributed by atoms with van der Waals surface area (Å²) in [5.74, 6) is -1.29. The van der Waals surface area contributed by atoms with Crippen LogP contribution >= 0.6 is 27.5 Å². The number of hydrogen-bond acceptors (Lipinski definition) is 3. The van der Waals surface area contributed by atoms with E-state index in [1.165, 1.54) is 12.1 Å². The Bertz CT molecular complexity index is 790. The molecule has 0 atom stereocenters. The summed E-state index contributed by atoms with van der Waals surface area (Å²) in [5, 5.41) is 8.95. The first-order valence-corrected chi connectivity index (χ1v) is 8.26. The van der Waals surface area contributed by atoms with Crippen molar-refractivity contribution in [2.75, 3.05) is 4.72 Å². The molecule has 0 fully saturated rings. The van der Waals surface area contributed by atoms with Crippen LogP contribution in [0.5, 0.6) is 0 Å². The van der Waals surface area contributed by atoms with Gasteiger partial charge in [-0.15, -0.1) is 0 Å². The lowest BCUT2D eigenvalue weighted by molar-refractivity contribution is 0.0697. The Kier molecular flexibility index (Phi) is 4.55. The van der Waals surface area contributed by atoms with Gasteiger partial charge >= 0.3 is 5.97 Å². The molecule has 21 heavy (non-hydrogen) atoms. The first-order valence-electron chi connectivity index (χ1n) is 5.61. The van der Waals surface area contributed by atoms with Gasteiger partial charge in [0.05, 0.1) is 15.5 Å². The molecule has 0 spiro atoms. The zero-order valence-electron chi connectivity index (χ0n) is 10.4. The summed E-state index contributed by atoms with van der Waals surface area (Å²) in [6, 6.07) is 10.0. The Labute approximate surface area is 134 Å². The summed E-state index contributed by atoms with van der Waals surface area (Å²) in [6.07, 6.45) is 0. The molecule has 0 saturated carbocycles. The SMILES string of the molecule is O=C(O)c1cc(S(=O)(=O)Nc2ccc(Br)cc2)ccc1Cl. The van der Waals surface area contributed by atoms with Crippen LogP contribution in [0.3, 0.4) is 0 Å². The zero-order chi connectivity index (χ0) is 15.6. The van der Waals surface area contributed by atoms with Crippen molar-refractivity contribution in [1.29, 1.82) is 0 Å². The van der Waals surface area contributed by atoms with E-state index in [4.69, 9.17) is 16.7 Å². The monoisotopic (exact) mass is 389 g/mol. The van der Waals surface area contributed by atoms with Gasteiger partial charge in [-0.3, -0.25) is 4.72 Å². The number of sulfonamides is 1. The smallest absolute Gasteiger partial charge is 0.337 e. The summed E-state index contributed by atoms with van der Waals surface area (Å²) in [5.41, 5.74) is 0.0976. The first kappa shape index (κ1) is 15.8. The van der Waals surface area contributed by atoms with Gasteiger partial charge < -0.3 is 5.11 Å². The summed E-state index contributed by atoms with van der Waals surface area (Å²) < 4.78 is 27.6. The topological polar surface area (TPSA) is 83.5 Å². The van der Waals surface area contributed by atoms with Crippen LogP contribution < -0.4 is 4.72 Å². The van der Waals surface area contributed by atoms with Crippen molar-refractivity contribution < 1.29 is 18.3 Å². The summed E-state index contributed by atoms with van der Waals surface area (Å²) >= 11 is 8.96. The molecule has 110 valence electrons. The quantitative estimate of drug-likeness (QED) is 0.835. The molecule has 0 amide bonds. The third-order valence-electron chi connectivity index (χ3n) is 2.57. The normalized spacial score (nSPS) is 11.1. The Morgan fingerprint density at radius 2 is 1.76 bits per heavy atom. The number of nitrogens with one attached hydrogen (secondary N) is 1. The lowest BCUT2D eigenvalue weighted by Gasteiger charge is -2.09. The average Bonchev–Trinajstić information content (AvgIpc) is 2.41. The average molecular weight is 391 g/mol. The van der Waals surface area contributed by atoms with Gasteiger partial charge in [-0.1, -0.05) is 27.5 Å². The molecular formula is C13H9BrClNO4S. The molecule has 2 rings (SSSR count). The molecule has 0 radical (unpaired) electrons. The second-order valence-corrected chi connectivity index (χ2v) is 7.06. The van der Waals surface area contributed by atoms with Crippen molar-refractivity contribution in [3.63, 3.8) is 0 Å². The van der Waals surface area contributed by atoms with Crippen molar-refractivity contribution in [1.82, 2.24) is 0 Å². The van der Waals surface area contributed by atoms with Gasteiger partial charge in [-0.2, -0.15) is 0 Å². The van der Waals surface area contributed by atoms with Crippen molar-refractivity contribution in [3.05, 3.63) is 57.5 Å². The Morgan fingerprint density at radius 3 is 2.33 bits per heavy atom. The molecule has 8 heteroatoms. The van der Waals surface area contributed by atoms with E-state index in [1.807, 2.05) is 0 Å². The van der Waals surface area contributed by atoms with Gasteiger partial charge in [0, 0.05) is 10.2 Å². The zero-order valence-corrected chi connectivity index (χ0v) is 13.5. The van der Waals surface area contributed by atoms with Gasteiger partial charge in [-0.05, 0) is 42.5 Å². The van der Waals surface area contributed by atoms with Crippen LogP contribution in [0.25, 0.3) is 0 Å². The molecule has 0 saturated heterocycles. The number of halogens is 2. The van der Waals surface area contributed by atoms with Gasteiger partial charge in [0.15, 0.2) is 0 Å². The highest BCUT2D eigenvalue weighted by Crippen LogP contribution is 2.23. The molecule has 0 heterocycles. The molecule has 0 aromatic heterocycles. The van der Waals surface area contributed by atoms with E-state index in [2.05, 4.69) is 20.7 Å². The van der Waals surface area contributed by atoms with Crippen LogP contribution in [0.4, 0.5) is 5.69 Å². The Morgan fingerprint density at radius 1 is 1.14 bits per heavy atom. The highest BCUT2D eigenvalue weighted by atomic mass is 79.9. The van der Waals surface area contributed by atoms with E-state index >= 15 is 0 Å². The molecular weight excluding hydrogens is 382 g/mol. The fourth-order valence-corrected chi connectivity index (χ4v) is 3.11. The molecule has 2 aromatic carbocycles. The number of rotatable bonds is 4. The van der Waals surface area contributed by atoms with E-state index in [-0.39, 0.29) is 15.5 Å². The predicted octanol–water partition coefficient (Wildman–Crippen LogP) is 3.60. The number of aromatic carboxylic acids is 1. The summed E-state index contributed by atoms with van der Waals surface area (Å²) in [6.45, 7) is 0. The largest absolute Gasteiger partial charge is 0.478 e. The van der Waals surface area contributed by atoms with Gasteiger partial charge in [0.25, 0.3) is 10.0 Å². The third-order valence-corrected chi connectivity index (χ3v) is 4.81. The minimum atomic E-state index is -3.89. The first-order chi connectivity index (χ1) is 9.79. The minimum absolute atomic E-state index is 0.0231. The van der Waals surface area contributed by atoms with Gasteiger partial charge in [0.1, 0.15) is 0 Å². The van der Waals surface area contributed by atoms with Crippen molar-refractivity contribution in [2.24, 2.45) is 0 Å². The highest BCUT2D eigenvalue weighted by molar-refractivity contribution is 9.10. The van der Waals surface area contributed by atoms with Crippen molar-refractivity contribution >= 4 is 49.2 Å². The fourth-order valence-electron chi connectivity index (χ4n) is 1.57. The van der Waals surface area contributed by atoms with E-state index in [0.717, 1.165) is 10.5 Å². The predicted molar refractivity (Wildman–Crippen MR) is 83.4 cm³/mol. The number of hydrogen-bond donors (Lipinski definition) is 2.